The number of benzene rings is 1. The fraction of sp³-hybridized carbons (Fsp3) is 0.440. The number of ether oxygens (including phenoxy) is 2. The second-order valence-electron chi connectivity index (χ2n) is 8.47. The summed E-state index contributed by atoms with van der Waals surface area (Å²) in [5.74, 6) is 0.126. The first kappa shape index (κ1) is 25.6. The smallest absolute Gasteiger partial charge is 0.416 e. The summed E-state index contributed by atoms with van der Waals surface area (Å²) in [7, 11) is 0. The third-order valence-electron chi connectivity index (χ3n) is 5.81. The molecule has 0 saturated heterocycles. The van der Waals surface area contributed by atoms with Crippen molar-refractivity contribution in [3.05, 3.63) is 65.6 Å². The highest BCUT2D eigenvalue weighted by molar-refractivity contribution is 5.77. The van der Waals surface area contributed by atoms with Gasteiger partial charge in [-0.25, -0.2) is 4.79 Å². The zero-order valence-corrected chi connectivity index (χ0v) is 19.3. The van der Waals surface area contributed by atoms with Crippen LogP contribution in [0.3, 0.4) is 0 Å². The maximum atomic E-state index is 12.7. The minimum Gasteiger partial charge on any atom is -0.478 e. The molecule has 1 N–H and O–H groups in total. The first-order valence-corrected chi connectivity index (χ1v) is 11.1. The molecule has 1 aromatic heterocycles. The van der Waals surface area contributed by atoms with Crippen molar-refractivity contribution in [3.63, 3.8) is 0 Å². The number of carboxylic acid groups (broad SMARTS) is 1. The molecular formula is C25H28F3NO5. The Bertz CT molecular complexity index is 1040. The van der Waals surface area contributed by atoms with Gasteiger partial charge in [-0.05, 0) is 44.1 Å². The first-order valence-electron chi connectivity index (χ1n) is 11.1. The van der Waals surface area contributed by atoms with E-state index >= 15 is 0 Å². The van der Waals surface area contributed by atoms with Crippen molar-refractivity contribution in [3.8, 4) is 11.3 Å². The molecule has 0 amide bonds. The van der Waals surface area contributed by atoms with Crippen LogP contribution in [-0.2, 0) is 26.9 Å². The Balaban J connectivity index is 1.46. The Morgan fingerprint density at radius 1 is 1.24 bits per heavy atom. The van der Waals surface area contributed by atoms with Crippen molar-refractivity contribution in [2.45, 2.75) is 57.9 Å². The van der Waals surface area contributed by atoms with Gasteiger partial charge < -0.3 is 19.1 Å². The second kappa shape index (κ2) is 10.5. The Labute approximate surface area is 196 Å². The van der Waals surface area contributed by atoms with E-state index in [0.29, 0.717) is 48.6 Å². The van der Waals surface area contributed by atoms with Crippen LogP contribution in [0.1, 0.15) is 44.9 Å². The van der Waals surface area contributed by atoms with Gasteiger partial charge >= 0.3 is 12.1 Å². The molecule has 0 saturated carbocycles. The van der Waals surface area contributed by atoms with Crippen LogP contribution in [-0.4, -0.2) is 34.5 Å². The predicted molar refractivity (Wildman–Crippen MR) is 119 cm³/mol. The quantitative estimate of drug-likeness (QED) is 0.419. The highest BCUT2D eigenvalue weighted by atomic mass is 19.4. The zero-order valence-electron chi connectivity index (χ0n) is 19.3. The number of alkyl halides is 3. The summed E-state index contributed by atoms with van der Waals surface area (Å²) in [4.78, 5) is 11.4. The summed E-state index contributed by atoms with van der Waals surface area (Å²) in [5, 5.41) is 13.3. The number of halogens is 3. The van der Waals surface area contributed by atoms with Crippen LogP contribution in [0, 0.1) is 5.92 Å². The van der Waals surface area contributed by atoms with E-state index in [1.807, 2.05) is 19.1 Å². The minimum absolute atomic E-state index is 0.00598. The normalized spacial score (nSPS) is 20.0. The number of rotatable bonds is 10. The number of hydrogen-bond acceptors (Lipinski definition) is 5. The van der Waals surface area contributed by atoms with Crippen molar-refractivity contribution in [2.24, 2.45) is 5.92 Å². The summed E-state index contributed by atoms with van der Waals surface area (Å²) < 4.78 is 55.1. The van der Waals surface area contributed by atoms with E-state index in [9.17, 15) is 23.1 Å². The molecule has 1 aliphatic rings. The summed E-state index contributed by atoms with van der Waals surface area (Å²) in [6.07, 6.45) is 2.47. The minimum atomic E-state index is -4.38. The molecule has 0 aliphatic heterocycles. The Morgan fingerprint density at radius 2 is 1.94 bits per heavy atom. The van der Waals surface area contributed by atoms with Crippen molar-refractivity contribution >= 4 is 5.97 Å². The summed E-state index contributed by atoms with van der Waals surface area (Å²) in [6, 6.07) is 6.49. The van der Waals surface area contributed by atoms with Gasteiger partial charge in [0.15, 0.2) is 0 Å². The van der Waals surface area contributed by atoms with Gasteiger partial charge in [0.25, 0.3) is 0 Å². The lowest BCUT2D eigenvalue weighted by atomic mass is 9.97. The largest absolute Gasteiger partial charge is 0.478 e. The molecule has 0 radical (unpaired) electrons. The fourth-order valence-corrected chi connectivity index (χ4v) is 3.44. The van der Waals surface area contributed by atoms with Crippen LogP contribution in [0.15, 0.2) is 58.8 Å². The molecule has 2 aromatic rings. The lowest BCUT2D eigenvalue weighted by molar-refractivity contribution is -0.158. The Hall–Kier alpha value is -3.07. The van der Waals surface area contributed by atoms with Gasteiger partial charge in [-0.15, -0.1) is 0 Å². The lowest BCUT2D eigenvalue weighted by Gasteiger charge is -2.29. The van der Waals surface area contributed by atoms with E-state index in [4.69, 9.17) is 14.0 Å². The number of carbonyl (C=O) groups is 1. The molecule has 1 heterocycles. The van der Waals surface area contributed by atoms with Crippen molar-refractivity contribution < 1.29 is 37.1 Å². The lowest BCUT2D eigenvalue weighted by Crippen LogP contribution is -2.37. The van der Waals surface area contributed by atoms with E-state index in [2.05, 4.69) is 5.16 Å². The average molecular weight is 479 g/mol. The van der Waals surface area contributed by atoms with Gasteiger partial charge in [0, 0.05) is 30.6 Å². The highest BCUT2D eigenvalue weighted by Gasteiger charge is 2.34. The monoisotopic (exact) mass is 479 g/mol. The second-order valence-corrected chi connectivity index (χ2v) is 8.47. The standard InChI is InChI=1S/C25H28F3NO5/c1-4-24(3,23(30)31)33-19-11-12-22(16(2)14-19)32-13-5-6-20-15-21(29-34-20)17-7-9-18(10-8-17)25(26,27)28/h7-12,14-16,22H,4-6,13H2,1-3H3,(H,30,31). The number of aromatic nitrogens is 1. The maximum absolute atomic E-state index is 12.7. The Kier molecular flexibility index (Phi) is 7.86. The predicted octanol–water partition coefficient (Wildman–Crippen LogP) is 6.04. The fourth-order valence-electron chi connectivity index (χ4n) is 3.44. The topological polar surface area (TPSA) is 81.8 Å². The molecular weight excluding hydrogens is 451 g/mol. The van der Waals surface area contributed by atoms with Crippen molar-refractivity contribution in [1.82, 2.24) is 5.16 Å². The molecule has 184 valence electrons. The number of aryl methyl sites for hydroxylation is 1. The van der Waals surface area contributed by atoms with Crippen LogP contribution >= 0.6 is 0 Å². The molecule has 3 rings (SSSR count). The number of nitrogens with zero attached hydrogens (tertiary/aromatic N) is 1. The van der Waals surface area contributed by atoms with E-state index in [1.165, 1.54) is 12.1 Å². The molecule has 0 bridgehead atoms. The number of allylic oxidation sites excluding steroid dienone is 1. The molecule has 0 fully saturated rings. The van der Waals surface area contributed by atoms with Gasteiger partial charge in [0.1, 0.15) is 17.2 Å². The molecule has 1 aliphatic carbocycles. The number of aliphatic carboxylic acids is 1. The van der Waals surface area contributed by atoms with Crippen molar-refractivity contribution in [1.29, 1.82) is 0 Å². The molecule has 34 heavy (non-hydrogen) atoms. The van der Waals surface area contributed by atoms with Crippen LogP contribution in [0.25, 0.3) is 11.3 Å². The number of hydrogen-bond donors (Lipinski definition) is 1. The van der Waals surface area contributed by atoms with Gasteiger partial charge in [-0.3, -0.25) is 0 Å². The maximum Gasteiger partial charge on any atom is 0.416 e. The molecule has 3 atom stereocenters. The summed E-state index contributed by atoms with van der Waals surface area (Å²) in [5.41, 5.74) is -0.961. The van der Waals surface area contributed by atoms with E-state index < -0.39 is 23.3 Å². The van der Waals surface area contributed by atoms with E-state index in [1.54, 1.807) is 26.0 Å². The molecule has 0 spiro atoms. The molecule has 1 aromatic carbocycles. The SMILES string of the molecule is CCC(C)(OC1=CC(C)C(OCCCc2cc(-c3ccc(C(F)(F)F)cc3)no2)C=C1)C(=O)O. The summed E-state index contributed by atoms with van der Waals surface area (Å²) in [6.45, 7) is 5.73. The van der Waals surface area contributed by atoms with Gasteiger partial charge in [0.05, 0.1) is 11.7 Å². The van der Waals surface area contributed by atoms with Gasteiger partial charge in [-0.2, -0.15) is 13.2 Å². The molecule has 3 unspecified atom stereocenters. The van der Waals surface area contributed by atoms with E-state index in [-0.39, 0.29) is 12.0 Å². The average Bonchev–Trinajstić information content (AvgIpc) is 3.26. The van der Waals surface area contributed by atoms with Crippen LogP contribution in [0.5, 0.6) is 0 Å². The highest BCUT2D eigenvalue weighted by Crippen LogP contribution is 2.31. The van der Waals surface area contributed by atoms with Gasteiger partial charge in [0.2, 0.25) is 5.60 Å². The molecule has 6 nitrogen and oxygen atoms in total. The van der Waals surface area contributed by atoms with Gasteiger partial charge in [-0.1, -0.05) is 37.2 Å². The Morgan fingerprint density at radius 3 is 2.53 bits per heavy atom. The number of carboxylic acids is 1. The summed E-state index contributed by atoms with van der Waals surface area (Å²) >= 11 is 0. The molecule has 9 heteroatoms. The third-order valence-corrected chi connectivity index (χ3v) is 5.81. The van der Waals surface area contributed by atoms with Crippen LogP contribution in [0.4, 0.5) is 13.2 Å². The third kappa shape index (κ3) is 6.28. The van der Waals surface area contributed by atoms with Crippen LogP contribution < -0.4 is 0 Å². The van der Waals surface area contributed by atoms with Crippen LogP contribution in [0.2, 0.25) is 0 Å². The first-order chi connectivity index (χ1) is 16.0. The van der Waals surface area contributed by atoms with Crippen molar-refractivity contribution in [2.75, 3.05) is 6.61 Å². The zero-order chi connectivity index (χ0) is 24.9. The van der Waals surface area contributed by atoms with E-state index in [0.717, 1.165) is 12.1 Å².